The second kappa shape index (κ2) is 4.64. The quantitative estimate of drug-likeness (QED) is 0.884. The van der Waals surface area contributed by atoms with E-state index in [4.69, 9.17) is 5.73 Å². The number of H-pyrrole nitrogens is 1. The molecule has 0 bridgehead atoms. The van der Waals surface area contributed by atoms with E-state index in [0.717, 1.165) is 27.6 Å². The number of hydrogen-bond acceptors (Lipinski definition) is 3. The van der Waals surface area contributed by atoms with Gasteiger partial charge in [-0.2, -0.15) is 0 Å². The lowest BCUT2D eigenvalue weighted by molar-refractivity contribution is 0.100. The summed E-state index contributed by atoms with van der Waals surface area (Å²) in [4.78, 5) is 14.8. The van der Waals surface area contributed by atoms with Gasteiger partial charge in [-0.05, 0) is 18.2 Å². The van der Waals surface area contributed by atoms with Crippen molar-refractivity contribution in [2.45, 2.75) is 0 Å². The predicted octanol–water partition coefficient (Wildman–Crippen LogP) is 2.16. The van der Waals surface area contributed by atoms with Crippen molar-refractivity contribution >= 4 is 38.3 Å². The number of primary amides is 1. The number of benzene rings is 1. The number of carbonyl (C=O) groups is 1. The second-order valence-electron chi connectivity index (χ2n) is 4.97. The molecule has 0 unspecified atom stereocenters. The third-order valence-corrected chi connectivity index (χ3v) is 4.32. The van der Waals surface area contributed by atoms with Crippen molar-refractivity contribution in [2.75, 3.05) is 20.6 Å². The maximum absolute atomic E-state index is 11.5. The first kappa shape index (κ1) is 13.2. The highest BCUT2D eigenvalue weighted by Gasteiger charge is 2.19. The molecule has 0 saturated heterocycles. The minimum atomic E-state index is -0.425. The highest BCUT2D eigenvalue weighted by atomic mass is 79.9. The first-order chi connectivity index (χ1) is 9.47. The number of fused-ring (bicyclic) bond motifs is 1. The minimum Gasteiger partial charge on any atom is -0.366 e. The van der Waals surface area contributed by atoms with Crippen molar-refractivity contribution < 1.29 is 4.79 Å². The Hall–Kier alpha value is -1.79. The molecule has 1 amide bonds. The van der Waals surface area contributed by atoms with Gasteiger partial charge in [-0.15, -0.1) is 0 Å². The van der Waals surface area contributed by atoms with E-state index >= 15 is 0 Å². The van der Waals surface area contributed by atoms with Gasteiger partial charge in [0.25, 0.3) is 5.91 Å². The zero-order valence-electron chi connectivity index (χ0n) is 11.3. The topological polar surface area (TPSA) is 65.4 Å². The van der Waals surface area contributed by atoms with Gasteiger partial charge in [0.2, 0.25) is 0 Å². The molecule has 0 atom stereocenters. The second-order valence-corrected chi connectivity index (χ2v) is 5.83. The number of likely N-dealkylation sites (N-methyl/N-ethyl adjacent to an activating group) is 1. The molecule has 3 N–H and O–H groups in total. The summed E-state index contributed by atoms with van der Waals surface area (Å²) in [5, 5.41) is 5.10. The number of nitrogens with zero attached hydrogens (tertiary/aromatic N) is 2. The van der Waals surface area contributed by atoms with Crippen LogP contribution >= 0.6 is 15.9 Å². The van der Waals surface area contributed by atoms with E-state index in [1.807, 2.05) is 31.2 Å². The van der Waals surface area contributed by atoms with E-state index in [1.165, 1.54) is 5.57 Å². The lowest BCUT2D eigenvalue weighted by Crippen LogP contribution is -2.27. The Kier molecular flexibility index (Phi) is 3.07. The molecule has 20 heavy (non-hydrogen) atoms. The van der Waals surface area contributed by atoms with Crippen LogP contribution in [-0.2, 0) is 0 Å². The molecule has 2 aromatic rings. The lowest BCUT2D eigenvalue weighted by Gasteiger charge is -2.18. The third kappa shape index (κ3) is 2.01. The Bertz CT molecular complexity index is 734. The van der Waals surface area contributed by atoms with Crippen LogP contribution in [0.25, 0.3) is 16.5 Å². The molecule has 1 aromatic carbocycles. The summed E-state index contributed by atoms with van der Waals surface area (Å²) in [6.07, 6.45) is 2.07. The Morgan fingerprint density at radius 2 is 2.15 bits per heavy atom. The highest BCUT2D eigenvalue weighted by Crippen LogP contribution is 2.31. The number of aromatic nitrogens is 1. The standard InChI is InChI=1S/C14H15BrN4O/c1-18-6-8(7-19(18)2)12-5-10-11(15)4-3-9(14(16)20)13(10)17-12/h3-6,17H,7H2,1-2H3,(H2,16,20). The SMILES string of the molecule is CN1C=C(c2cc3c(Br)ccc(C(N)=O)c3[nH]2)CN1C. The summed E-state index contributed by atoms with van der Waals surface area (Å²) >= 11 is 3.51. The number of nitrogens with two attached hydrogens (primary N) is 1. The van der Waals surface area contributed by atoms with Crippen LogP contribution in [0.15, 0.2) is 28.9 Å². The molecule has 1 aliphatic heterocycles. The van der Waals surface area contributed by atoms with E-state index in [-0.39, 0.29) is 0 Å². The van der Waals surface area contributed by atoms with Crippen LogP contribution in [0.1, 0.15) is 16.1 Å². The fourth-order valence-electron chi connectivity index (χ4n) is 2.44. The largest absolute Gasteiger partial charge is 0.366 e. The molecule has 0 saturated carbocycles. The first-order valence-corrected chi connectivity index (χ1v) is 7.02. The molecule has 6 heteroatoms. The third-order valence-electron chi connectivity index (χ3n) is 3.63. The average molecular weight is 335 g/mol. The molecule has 104 valence electrons. The van der Waals surface area contributed by atoms with E-state index in [2.05, 4.69) is 32.1 Å². The van der Waals surface area contributed by atoms with Crippen LogP contribution in [-0.4, -0.2) is 41.5 Å². The Morgan fingerprint density at radius 3 is 2.75 bits per heavy atom. The number of hydrazine groups is 1. The zero-order chi connectivity index (χ0) is 14.4. The summed E-state index contributed by atoms with van der Waals surface area (Å²) < 4.78 is 0.945. The highest BCUT2D eigenvalue weighted by molar-refractivity contribution is 9.10. The van der Waals surface area contributed by atoms with Crippen molar-refractivity contribution in [3.8, 4) is 0 Å². The molecular weight excluding hydrogens is 320 g/mol. The number of aromatic amines is 1. The summed E-state index contributed by atoms with van der Waals surface area (Å²) in [5.41, 5.74) is 8.90. The summed E-state index contributed by atoms with van der Waals surface area (Å²) in [6, 6.07) is 5.63. The lowest BCUT2D eigenvalue weighted by atomic mass is 10.1. The molecule has 0 aliphatic carbocycles. The Labute approximate surface area is 125 Å². The molecule has 3 rings (SSSR count). The maximum Gasteiger partial charge on any atom is 0.250 e. The van der Waals surface area contributed by atoms with Crippen LogP contribution in [0.2, 0.25) is 0 Å². The van der Waals surface area contributed by atoms with Crippen molar-refractivity contribution in [3.63, 3.8) is 0 Å². The van der Waals surface area contributed by atoms with Crippen LogP contribution in [0.5, 0.6) is 0 Å². The average Bonchev–Trinajstić information content (AvgIpc) is 2.95. The Morgan fingerprint density at radius 1 is 1.40 bits per heavy atom. The Balaban J connectivity index is 2.16. The zero-order valence-corrected chi connectivity index (χ0v) is 12.9. The molecule has 1 aromatic heterocycles. The number of nitrogens with one attached hydrogen (secondary N) is 1. The molecule has 1 aliphatic rings. The number of amides is 1. The van der Waals surface area contributed by atoms with Crippen LogP contribution < -0.4 is 5.73 Å². The molecule has 0 spiro atoms. The van der Waals surface area contributed by atoms with Crippen molar-refractivity contribution in [1.29, 1.82) is 0 Å². The monoisotopic (exact) mass is 334 g/mol. The van der Waals surface area contributed by atoms with Gasteiger partial charge in [-0.25, -0.2) is 5.01 Å². The van der Waals surface area contributed by atoms with E-state index in [9.17, 15) is 4.79 Å². The predicted molar refractivity (Wildman–Crippen MR) is 82.9 cm³/mol. The molecule has 0 radical (unpaired) electrons. The van der Waals surface area contributed by atoms with Crippen LogP contribution in [0, 0.1) is 0 Å². The van der Waals surface area contributed by atoms with Gasteiger partial charge in [0, 0.05) is 48.0 Å². The summed E-state index contributed by atoms with van der Waals surface area (Å²) in [5.74, 6) is -0.425. The fraction of sp³-hybridized carbons (Fsp3) is 0.214. The first-order valence-electron chi connectivity index (χ1n) is 6.23. The normalized spacial score (nSPS) is 15.9. The van der Waals surface area contributed by atoms with Gasteiger partial charge < -0.3 is 15.7 Å². The van der Waals surface area contributed by atoms with Gasteiger partial charge in [0.05, 0.1) is 11.1 Å². The van der Waals surface area contributed by atoms with E-state index < -0.39 is 5.91 Å². The summed E-state index contributed by atoms with van der Waals surface area (Å²) in [7, 11) is 4.03. The van der Waals surface area contributed by atoms with E-state index in [1.54, 1.807) is 6.07 Å². The molecule has 0 fully saturated rings. The van der Waals surface area contributed by atoms with Crippen molar-refractivity contribution in [3.05, 3.63) is 40.1 Å². The van der Waals surface area contributed by atoms with Gasteiger partial charge in [-0.1, -0.05) is 15.9 Å². The number of hydrogen-bond donors (Lipinski definition) is 2. The van der Waals surface area contributed by atoms with Gasteiger partial charge in [0.1, 0.15) is 0 Å². The smallest absolute Gasteiger partial charge is 0.250 e. The van der Waals surface area contributed by atoms with E-state index in [0.29, 0.717) is 5.56 Å². The number of halogens is 1. The van der Waals surface area contributed by atoms with Gasteiger partial charge in [0.15, 0.2) is 0 Å². The molecular formula is C14H15BrN4O. The fourth-order valence-corrected chi connectivity index (χ4v) is 2.89. The maximum atomic E-state index is 11.5. The van der Waals surface area contributed by atoms with Gasteiger partial charge in [-0.3, -0.25) is 4.79 Å². The number of carbonyl (C=O) groups excluding carboxylic acids is 1. The number of rotatable bonds is 2. The van der Waals surface area contributed by atoms with Gasteiger partial charge >= 0.3 is 0 Å². The van der Waals surface area contributed by atoms with Crippen LogP contribution in [0.4, 0.5) is 0 Å². The molecule has 5 nitrogen and oxygen atoms in total. The molecule has 2 heterocycles. The summed E-state index contributed by atoms with van der Waals surface area (Å²) in [6.45, 7) is 0.826. The van der Waals surface area contributed by atoms with Crippen LogP contribution in [0.3, 0.4) is 0 Å². The van der Waals surface area contributed by atoms with Crippen molar-refractivity contribution in [2.24, 2.45) is 5.73 Å². The van der Waals surface area contributed by atoms with Crippen molar-refractivity contribution in [1.82, 2.24) is 15.0 Å². The minimum absolute atomic E-state index is 0.425.